The van der Waals surface area contributed by atoms with E-state index in [1.165, 1.54) is 0 Å². The number of nitrogens with two attached hydrogens (primary N) is 2. The molecule has 0 unspecified atom stereocenters. The Morgan fingerprint density at radius 2 is 1.44 bits per heavy atom. The SMILES string of the molecule is Nc1ccc2c(-c3nc4c(ccc5cc(N)ccc54)o3)cccc2c1. The third kappa shape index (κ3) is 2.11. The van der Waals surface area contributed by atoms with Crippen LogP contribution in [0.5, 0.6) is 0 Å². The van der Waals surface area contributed by atoms with Gasteiger partial charge in [-0.2, -0.15) is 0 Å². The first-order valence-electron chi connectivity index (χ1n) is 8.06. The van der Waals surface area contributed by atoms with Gasteiger partial charge in [-0.1, -0.05) is 30.3 Å². The van der Waals surface area contributed by atoms with E-state index in [0.29, 0.717) is 5.89 Å². The van der Waals surface area contributed by atoms with E-state index in [1.807, 2.05) is 66.7 Å². The lowest BCUT2D eigenvalue weighted by Gasteiger charge is -2.03. The number of oxazole rings is 1. The normalized spacial score (nSPS) is 11.5. The molecule has 0 bridgehead atoms. The standard InChI is InChI=1S/C21H15N3O/c22-14-5-7-16-12(10-14)2-1-3-18(16)21-24-20-17-8-6-15(23)11-13(17)4-9-19(20)25-21/h1-11H,22-23H2. The quantitative estimate of drug-likeness (QED) is 0.427. The van der Waals surface area contributed by atoms with Crippen LogP contribution in [0.2, 0.25) is 0 Å². The van der Waals surface area contributed by atoms with E-state index in [1.54, 1.807) is 0 Å². The van der Waals surface area contributed by atoms with Crippen LogP contribution >= 0.6 is 0 Å². The number of benzene rings is 4. The van der Waals surface area contributed by atoms with Crippen molar-refractivity contribution in [3.8, 4) is 11.5 Å². The summed E-state index contributed by atoms with van der Waals surface area (Å²) in [6.07, 6.45) is 0. The first-order valence-corrected chi connectivity index (χ1v) is 8.06. The lowest BCUT2D eigenvalue weighted by molar-refractivity contribution is 0.620. The Hall–Kier alpha value is -3.53. The Balaban J connectivity index is 1.80. The fraction of sp³-hybridized carbons (Fsp3) is 0. The maximum Gasteiger partial charge on any atom is 0.227 e. The minimum Gasteiger partial charge on any atom is -0.436 e. The van der Waals surface area contributed by atoms with Crippen molar-refractivity contribution in [3.63, 3.8) is 0 Å². The van der Waals surface area contributed by atoms with Gasteiger partial charge in [-0.05, 0) is 52.6 Å². The molecule has 0 fully saturated rings. The summed E-state index contributed by atoms with van der Waals surface area (Å²) >= 11 is 0. The molecule has 0 saturated carbocycles. The molecular formula is C21H15N3O. The maximum absolute atomic E-state index is 6.06. The van der Waals surface area contributed by atoms with Crippen molar-refractivity contribution < 1.29 is 4.42 Å². The largest absolute Gasteiger partial charge is 0.436 e. The number of anilines is 2. The summed E-state index contributed by atoms with van der Waals surface area (Å²) in [6, 6.07) is 21.7. The Labute approximate surface area is 143 Å². The molecule has 0 aliphatic rings. The molecule has 0 radical (unpaired) electrons. The number of nitrogen functional groups attached to an aromatic ring is 2. The van der Waals surface area contributed by atoms with E-state index < -0.39 is 0 Å². The van der Waals surface area contributed by atoms with Crippen LogP contribution in [0.3, 0.4) is 0 Å². The summed E-state index contributed by atoms with van der Waals surface area (Å²) in [5.41, 5.74) is 15.8. The lowest BCUT2D eigenvalue weighted by atomic mass is 10.0. The third-order valence-corrected chi connectivity index (χ3v) is 4.53. The average molecular weight is 325 g/mol. The summed E-state index contributed by atoms with van der Waals surface area (Å²) < 4.78 is 6.06. The van der Waals surface area contributed by atoms with Gasteiger partial charge in [0, 0.05) is 22.3 Å². The molecule has 5 rings (SSSR count). The van der Waals surface area contributed by atoms with E-state index >= 15 is 0 Å². The Kier molecular flexibility index (Phi) is 2.76. The van der Waals surface area contributed by atoms with Crippen molar-refractivity contribution in [2.24, 2.45) is 0 Å². The predicted molar refractivity (Wildman–Crippen MR) is 103 cm³/mol. The molecule has 0 spiro atoms. The van der Waals surface area contributed by atoms with E-state index in [-0.39, 0.29) is 0 Å². The van der Waals surface area contributed by atoms with E-state index in [2.05, 4.69) is 0 Å². The number of aromatic nitrogens is 1. The molecule has 0 saturated heterocycles. The minimum atomic E-state index is 0.606. The molecule has 0 atom stereocenters. The molecule has 1 aromatic heterocycles. The van der Waals surface area contributed by atoms with Gasteiger partial charge in [0.25, 0.3) is 0 Å². The molecule has 0 aliphatic carbocycles. The van der Waals surface area contributed by atoms with Crippen molar-refractivity contribution in [2.75, 3.05) is 11.5 Å². The highest BCUT2D eigenvalue weighted by molar-refractivity contribution is 6.06. The third-order valence-electron chi connectivity index (χ3n) is 4.53. The van der Waals surface area contributed by atoms with Crippen molar-refractivity contribution in [1.82, 2.24) is 4.98 Å². The van der Waals surface area contributed by atoms with E-state index in [9.17, 15) is 0 Å². The Morgan fingerprint density at radius 3 is 2.24 bits per heavy atom. The van der Waals surface area contributed by atoms with Crippen molar-refractivity contribution in [1.29, 1.82) is 0 Å². The molecule has 120 valence electrons. The molecule has 1 heterocycles. The highest BCUT2D eigenvalue weighted by atomic mass is 16.3. The number of hydrogen-bond donors (Lipinski definition) is 2. The number of rotatable bonds is 1. The molecule has 4 N–H and O–H groups in total. The van der Waals surface area contributed by atoms with Gasteiger partial charge >= 0.3 is 0 Å². The zero-order valence-corrected chi connectivity index (χ0v) is 13.4. The highest BCUT2D eigenvalue weighted by Crippen LogP contribution is 2.34. The highest BCUT2D eigenvalue weighted by Gasteiger charge is 2.13. The Morgan fingerprint density at radius 1 is 0.720 bits per heavy atom. The maximum atomic E-state index is 6.06. The summed E-state index contributed by atoms with van der Waals surface area (Å²) in [5.74, 6) is 0.606. The summed E-state index contributed by atoms with van der Waals surface area (Å²) in [6.45, 7) is 0. The van der Waals surface area contributed by atoms with Crippen LogP contribution in [-0.4, -0.2) is 4.98 Å². The second-order valence-corrected chi connectivity index (χ2v) is 6.20. The van der Waals surface area contributed by atoms with E-state index in [4.69, 9.17) is 20.9 Å². The van der Waals surface area contributed by atoms with Crippen LogP contribution < -0.4 is 11.5 Å². The zero-order chi connectivity index (χ0) is 17.0. The summed E-state index contributed by atoms with van der Waals surface area (Å²) in [7, 11) is 0. The molecule has 4 aromatic carbocycles. The predicted octanol–water partition coefficient (Wildman–Crippen LogP) is 4.97. The van der Waals surface area contributed by atoms with Gasteiger partial charge in [0.15, 0.2) is 5.58 Å². The van der Waals surface area contributed by atoms with Crippen LogP contribution in [0.25, 0.3) is 44.1 Å². The molecule has 25 heavy (non-hydrogen) atoms. The van der Waals surface area contributed by atoms with Crippen LogP contribution in [-0.2, 0) is 0 Å². The summed E-state index contributed by atoms with van der Waals surface area (Å²) in [5, 5.41) is 4.22. The Bertz CT molecular complexity index is 1270. The first-order chi connectivity index (χ1) is 12.2. The van der Waals surface area contributed by atoms with Gasteiger partial charge in [0.2, 0.25) is 5.89 Å². The van der Waals surface area contributed by atoms with Gasteiger partial charge in [-0.15, -0.1) is 0 Å². The fourth-order valence-electron chi connectivity index (χ4n) is 3.34. The van der Waals surface area contributed by atoms with E-state index in [0.717, 1.165) is 49.6 Å². The van der Waals surface area contributed by atoms with Gasteiger partial charge in [0.1, 0.15) is 5.52 Å². The van der Waals surface area contributed by atoms with Crippen LogP contribution in [0.4, 0.5) is 11.4 Å². The second kappa shape index (κ2) is 4.98. The lowest BCUT2D eigenvalue weighted by Crippen LogP contribution is -1.86. The topological polar surface area (TPSA) is 78.1 Å². The second-order valence-electron chi connectivity index (χ2n) is 6.20. The number of nitrogens with zero attached hydrogens (tertiary/aromatic N) is 1. The molecule has 0 amide bonds. The molecule has 4 nitrogen and oxygen atoms in total. The molecule has 4 heteroatoms. The molecular weight excluding hydrogens is 310 g/mol. The monoisotopic (exact) mass is 325 g/mol. The first kappa shape index (κ1) is 13.9. The van der Waals surface area contributed by atoms with Gasteiger partial charge in [0.05, 0.1) is 0 Å². The van der Waals surface area contributed by atoms with Crippen LogP contribution in [0, 0.1) is 0 Å². The zero-order valence-electron chi connectivity index (χ0n) is 13.4. The molecule has 0 aliphatic heterocycles. The van der Waals surface area contributed by atoms with Crippen LogP contribution in [0.15, 0.2) is 71.1 Å². The minimum absolute atomic E-state index is 0.606. The average Bonchev–Trinajstić information content (AvgIpc) is 3.05. The number of fused-ring (bicyclic) bond motifs is 4. The van der Waals surface area contributed by atoms with Crippen molar-refractivity contribution in [2.45, 2.75) is 0 Å². The van der Waals surface area contributed by atoms with Crippen molar-refractivity contribution >= 4 is 44.0 Å². The summed E-state index contributed by atoms with van der Waals surface area (Å²) in [4.78, 5) is 4.77. The van der Waals surface area contributed by atoms with Gasteiger partial charge in [-0.3, -0.25) is 0 Å². The van der Waals surface area contributed by atoms with Gasteiger partial charge in [-0.25, -0.2) is 4.98 Å². The number of hydrogen-bond acceptors (Lipinski definition) is 4. The molecule has 5 aromatic rings. The fourth-order valence-corrected chi connectivity index (χ4v) is 3.34. The van der Waals surface area contributed by atoms with Gasteiger partial charge < -0.3 is 15.9 Å². The van der Waals surface area contributed by atoms with Crippen LogP contribution in [0.1, 0.15) is 0 Å². The smallest absolute Gasteiger partial charge is 0.227 e. The van der Waals surface area contributed by atoms with Crippen molar-refractivity contribution in [3.05, 3.63) is 66.7 Å².